The SMILES string of the molecule is CCC(C)(CC)C(=O)/C=C(\O)C(C)(CC)CC.Cc1sc2c(ccc3sc4ccnc(-c5[c-]c6ccsc6c(C(C)(C)C)c5)c4c32)c1CC(C)C.[Ir]. The molecule has 0 amide bonds. The summed E-state index contributed by atoms with van der Waals surface area (Å²) in [5.41, 5.74) is 4.51. The van der Waals surface area contributed by atoms with E-state index in [1.807, 2.05) is 81.7 Å². The van der Waals surface area contributed by atoms with E-state index in [1.54, 1.807) is 0 Å². The predicted octanol–water partition coefficient (Wildman–Crippen LogP) is 14.8. The molecule has 6 rings (SSSR count). The number of benzene rings is 2. The van der Waals surface area contributed by atoms with Crippen molar-refractivity contribution in [1.82, 2.24) is 4.98 Å². The molecule has 0 aliphatic rings. The van der Waals surface area contributed by atoms with Gasteiger partial charge in [0.05, 0.1) is 0 Å². The fraction of sp³-hybridized carbons (Fsp3) is 0.467. The molecule has 7 heteroatoms. The molecule has 0 saturated heterocycles. The van der Waals surface area contributed by atoms with Crippen LogP contribution >= 0.6 is 34.0 Å². The third-order valence-corrected chi connectivity index (χ3v) is 14.5. The van der Waals surface area contributed by atoms with Gasteiger partial charge in [-0.15, -0.1) is 46.3 Å². The summed E-state index contributed by atoms with van der Waals surface area (Å²) in [5.74, 6) is 0.931. The molecule has 0 unspecified atom stereocenters. The minimum absolute atomic E-state index is 0. The van der Waals surface area contributed by atoms with E-state index in [0.717, 1.165) is 43.4 Å². The Bertz CT molecular complexity index is 2220. The topological polar surface area (TPSA) is 50.2 Å². The van der Waals surface area contributed by atoms with Crippen molar-refractivity contribution in [2.45, 2.75) is 121 Å². The summed E-state index contributed by atoms with van der Waals surface area (Å²) in [6.45, 7) is 25.9. The number of hydrogen-bond acceptors (Lipinski definition) is 6. The van der Waals surface area contributed by atoms with Gasteiger partial charge >= 0.3 is 0 Å². The number of hydrogen-bond donors (Lipinski definition) is 1. The van der Waals surface area contributed by atoms with E-state index in [4.69, 9.17) is 4.98 Å². The van der Waals surface area contributed by atoms with Gasteiger partial charge < -0.3 is 5.11 Å². The molecule has 0 aliphatic carbocycles. The molecule has 1 radical (unpaired) electrons. The van der Waals surface area contributed by atoms with Crippen molar-refractivity contribution in [3.63, 3.8) is 0 Å². The number of fused-ring (bicyclic) bond motifs is 6. The second kappa shape index (κ2) is 16.5. The third-order valence-electron chi connectivity index (χ3n) is 11.3. The van der Waals surface area contributed by atoms with Gasteiger partial charge in [0.15, 0.2) is 5.78 Å². The molecule has 2 aromatic carbocycles. The Morgan fingerprint density at radius 3 is 2.12 bits per heavy atom. The molecule has 0 atom stereocenters. The summed E-state index contributed by atoms with van der Waals surface area (Å²) in [7, 11) is 0. The van der Waals surface area contributed by atoms with Crippen molar-refractivity contribution >= 4 is 80.1 Å². The van der Waals surface area contributed by atoms with Gasteiger partial charge in [-0.3, -0.25) is 9.78 Å². The van der Waals surface area contributed by atoms with Crippen molar-refractivity contribution < 1.29 is 30.0 Å². The first kappa shape index (κ1) is 42.3. The molecule has 0 spiro atoms. The summed E-state index contributed by atoms with van der Waals surface area (Å²) < 4.78 is 5.41. The normalized spacial score (nSPS) is 12.9. The van der Waals surface area contributed by atoms with E-state index in [2.05, 4.69) is 83.3 Å². The molecule has 52 heavy (non-hydrogen) atoms. The van der Waals surface area contributed by atoms with Gasteiger partial charge in [-0.2, -0.15) is 11.3 Å². The number of thiophene rings is 3. The standard InChI is InChI=1S/C30H28NS3.C15H28O2.Ir/c1-16(2)13-21-17(3)33-29-20(21)7-8-23-26(29)25-24(34-23)9-11-31-27(25)19-14-18-10-12-32-28(18)22(15-19)30(4,5)6;1-7-14(5,8-2)12(16)11-13(17)15(6,9-3)10-4;/h7-12,15-16H,13H2,1-6H3;11,16H,7-10H2,1-6H3;/q-1;;/b;12-11-;. The van der Waals surface area contributed by atoms with E-state index in [-0.39, 0.29) is 47.9 Å². The Labute approximate surface area is 337 Å². The van der Waals surface area contributed by atoms with Gasteiger partial charge in [-0.25, -0.2) is 0 Å². The van der Waals surface area contributed by atoms with Gasteiger partial charge in [0.1, 0.15) is 5.76 Å². The van der Waals surface area contributed by atoms with Crippen LogP contribution in [0, 0.1) is 29.7 Å². The summed E-state index contributed by atoms with van der Waals surface area (Å²) in [5, 5.41) is 17.6. The number of pyridine rings is 1. The van der Waals surface area contributed by atoms with Crippen LogP contribution in [0.25, 0.3) is 51.6 Å². The van der Waals surface area contributed by atoms with Crippen LogP contribution in [0.4, 0.5) is 0 Å². The second-order valence-corrected chi connectivity index (χ2v) is 19.3. The van der Waals surface area contributed by atoms with E-state index >= 15 is 0 Å². The van der Waals surface area contributed by atoms with Gasteiger partial charge in [-0.05, 0) is 88.9 Å². The quantitative estimate of drug-likeness (QED) is 0.0846. The number of aliphatic hydroxyl groups excluding tert-OH is 1. The van der Waals surface area contributed by atoms with Crippen LogP contribution in [0.5, 0.6) is 0 Å². The summed E-state index contributed by atoms with van der Waals surface area (Å²) in [4.78, 5) is 18.6. The van der Waals surface area contributed by atoms with Crippen LogP contribution in [0.15, 0.2) is 53.7 Å². The first-order valence-corrected chi connectivity index (χ1v) is 21.1. The minimum atomic E-state index is -0.337. The number of carbonyl (C=O) groups is 1. The number of rotatable bonds is 10. The van der Waals surface area contributed by atoms with Gasteiger partial charge in [0.2, 0.25) is 0 Å². The van der Waals surface area contributed by atoms with Crippen molar-refractivity contribution in [3.05, 3.63) is 75.8 Å². The molecule has 6 aromatic rings. The van der Waals surface area contributed by atoms with Gasteiger partial charge in [0, 0.05) is 73.3 Å². The summed E-state index contributed by atoms with van der Waals surface area (Å²) >= 11 is 5.66. The maximum Gasteiger partial charge on any atom is 0.164 e. The van der Waals surface area contributed by atoms with Crippen LogP contribution in [-0.2, 0) is 36.7 Å². The number of aryl methyl sites for hydroxylation is 1. The smallest absolute Gasteiger partial charge is 0.164 e. The van der Waals surface area contributed by atoms with Crippen molar-refractivity contribution in [2.24, 2.45) is 16.7 Å². The Hall–Kier alpha value is -2.41. The maximum absolute atomic E-state index is 12.2. The van der Waals surface area contributed by atoms with Crippen molar-refractivity contribution in [3.8, 4) is 11.3 Å². The number of aliphatic hydroxyl groups is 1. The first-order chi connectivity index (χ1) is 24.0. The number of carbonyl (C=O) groups excluding carboxylic acids is 1. The zero-order valence-electron chi connectivity index (χ0n) is 33.1. The van der Waals surface area contributed by atoms with Crippen molar-refractivity contribution in [1.29, 1.82) is 0 Å². The largest absolute Gasteiger partial charge is 0.512 e. The predicted molar refractivity (Wildman–Crippen MR) is 227 cm³/mol. The maximum atomic E-state index is 12.2. The zero-order valence-corrected chi connectivity index (χ0v) is 37.9. The second-order valence-electron chi connectivity index (χ2n) is 16.1. The Morgan fingerprint density at radius 1 is 0.885 bits per heavy atom. The van der Waals surface area contributed by atoms with Crippen molar-refractivity contribution in [2.75, 3.05) is 0 Å². The summed E-state index contributed by atoms with van der Waals surface area (Å²) in [6.07, 6.45) is 7.85. The fourth-order valence-corrected chi connectivity index (χ4v) is 10.3. The Balaban J connectivity index is 0.000000289. The van der Waals surface area contributed by atoms with Crippen LogP contribution < -0.4 is 0 Å². The van der Waals surface area contributed by atoms with E-state index < -0.39 is 0 Å². The molecule has 0 saturated carbocycles. The molecular formula is C45H56IrNO2S3-. The van der Waals surface area contributed by atoms with E-state index in [0.29, 0.717) is 5.92 Å². The van der Waals surface area contributed by atoms with Crippen LogP contribution in [0.2, 0.25) is 0 Å². The number of allylic oxidation sites excluding steroid dienone is 2. The third kappa shape index (κ3) is 8.15. The number of nitrogens with zero attached hydrogens (tertiary/aromatic N) is 1. The molecule has 281 valence electrons. The minimum Gasteiger partial charge on any atom is -0.512 e. The average molecular weight is 931 g/mol. The van der Waals surface area contributed by atoms with E-state index in [9.17, 15) is 9.90 Å². The molecular weight excluding hydrogens is 875 g/mol. The number of aromatic nitrogens is 1. The first-order valence-electron chi connectivity index (χ1n) is 18.6. The zero-order chi connectivity index (χ0) is 37.5. The van der Waals surface area contributed by atoms with Gasteiger partial charge in [0.25, 0.3) is 0 Å². The Kier molecular flexibility index (Phi) is 13.5. The van der Waals surface area contributed by atoms with Crippen LogP contribution in [-0.4, -0.2) is 15.9 Å². The van der Waals surface area contributed by atoms with Crippen LogP contribution in [0.1, 0.15) is 118 Å². The van der Waals surface area contributed by atoms with Gasteiger partial charge in [-0.1, -0.05) is 93.4 Å². The van der Waals surface area contributed by atoms with Crippen LogP contribution in [0.3, 0.4) is 0 Å². The molecule has 3 nitrogen and oxygen atoms in total. The molecule has 1 N–H and O–H groups in total. The molecule has 0 fully saturated rings. The summed E-state index contributed by atoms with van der Waals surface area (Å²) in [6, 6.07) is 15.1. The number of ketones is 1. The Morgan fingerprint density at radius 2 is 1.52 bits per heavy atom. The average Bonchev–Trinajstić information content (AvgIpc) is 3.81. The molecule has 0 bridgehead atoms. The monoisotopic (exact) mass is 931 g/mol. The fourth-order valence-electron chi connectivity index (χ4n) is 6.77. The molecule has 4 heterocycles. The van der Waals surface area contributed by atoms with E-state index in [1.165, 1.54) is 62.4 Å². The molecule has 4 aromatic heterocycles. The molecule has 0 aliphatic heterocycles.